The molecule has 2 aromatic carbocycles. The highest BCUT2D eigenvalue weighted by molar-refractivity contribution is 9.09. The summed E-state index contributed by atoms with van der Waals surface area (Å²) >= 11 is 3.14. The first-order chi connectivity index (χ1) is 15.9. The van der Waals surface area contributed by atoms with Gasteiger partial charge in [-0.05, 0) is 44.7 Å². The van der Waals surface area contributed by atoms with E-state index >= 15 is 0 Å². The van der Waals surface area contributed by atoms with Crippen molar-refractivity contribution in [3.05, 3.63) is 71.8 Å². The van der Waals surface area contributed by atoms with E-state index in [9.17, 15) is 14.7 Å². The fraction of sp³-hybridized carbons (Fsp3) is 0.440. The number of halogens is 1. The number of morpholine rings is 1. The number of amides is 1. The third kappa shape index (κ3) is 5.90. The number of benzene rings is 2. The zero-order valence-electron chi connectivity index (χ0n) is 20.4. The van der Waals surface area contributed by atoms with Gasteiger partial charge in [0.1, 0.15) is 17.7 Å². The lowest BCUT2D eigenvalue weighted by Gasteiger charge is -2.45. The van der Waals surface area contributed by atoms with Crippen molar-refractivity contribution >= 4 is 28.0 Å². The molecule has 32 heavy (non-hydrogen) atoms. The average molecular weight is 506 g/mol. The molecule has 3 rings (SSSR count). The average Bonchev–Trinajstić information content (AvgIpc) is 2.77. The van der Waals surface area contributed by atoms with Crippen molar-refractivity contribution < 1.29 is 26.9 Å². The van der Waals surface area contributed by atoms with Crippen molar-refractivity contribution in [1.29, 1.82) is 0 Å². The Morgan fingerprint density at radius 2 is 1.72 bits per heavy atom. The molecule has 1 heterocycles. The summed E-state index contributed by atoms with van der Waals surface area (Å²) in [5.74, 6) is -0.890. The number of hydrogen-bond acceptors (Lipinski definition) is 5. The number of hydrogen-bond donors (Lipinski definition) is 1. The van der Waals surface area contributed by atoms with Crippen molar-refractivity contribution in [3.8, 4) is 0 Å². The van der Waals surface area contributed by atoms with Gasteiger partial charge in [-0.25, -0.2) is 9.59 Å². The predicted octanol–water partition coefficient (Wildman–Crippen LogP) is 5.17. The van der Waals surface area contributed by atoms with E-state index in [0.29, 0.717) is 11.1 Å². The molecule has 1 fully saturated rings. The number of aliphatic hydroxyl groups is 1. The second-order valence-electron chi connectivity index (χ2n) is 8.63. The summed E-state index contributed by atoms with van der Waals surface area (Å²) in [6.07, 6.45) is -5.45. The standard InChI is InChI=1S/C25H30BrNO5/c1-25(2,3)32-24(30)27-20(15-14-19(28)16-26)23(29)31-22(18-12-8-5-9-13-18)21(27)17-10-6-4-7-11-17/h4-13,19-22,28H,14-16H2,1-3H3/t19-,20?,21-,22+/m0/s1/i15D2. The monoisotopic (exact) mass is 505 g/mol. The van der Waals surface area contributed by atoms with Crippen LogP contribution in [0.4, 0.5) is 4.79 Å². The van der Waals surface area contributed by atoms with Gasteiger partial charge >= 0.3 is 12.1 Å². The van der Waals surface area contributed by atoms with Crippen LogP contribution in [0.1, 0.15) is 59.6 Å². The molecule has 0 saturated carbocycles. The van der Waals surface area contributed by atoms with Crippen LogP contribution in [0.5, 0.6) is 0 Å². The van der Waals surface area contributed by atoms with Crippen molar-refractivity contribution in [2.45, 2.75) is 63.5 Å². The minimum absolute atomic E-state index is 0.121. The molecule has 0 radical (unpaired) electrons. The first kappa shape index (κ1) is 21.5. The smallest absolute Gasteiger partial charge is 0.411 e. The summed E-state index contributed by atoms with van der Waals surface area (Å²) in [4.78, 5) is 28.1. The van der Waals surface area contributed by atoms with Gasteiger partial charge in [-0.15, -0.1) is 0 Å². The molecule has 1 amide bonds. The maximum absolute atomic E-state index is 13.6. The number of nitrogens with zero attached hydrogens (tertiary/aromatic N) is 1. The van der Waals surface area contributed by atoms with Crippen molar-refractivity contribution in [2.75, 3.05) is 5.33 Å². The summed E-state index contributed by atoms with van der Waals surface area (Å²) < 4.78 is 28.9. The fourth-order valence-corrected chi connectivity index (χ4v) is 3.80. The van der Waals surface area contributed by atoms with Crippen molar-refractivity contribution in [3.63, 3.8) is 0 Å². The molecule has 172 valence electrons. The summed E-state index contributed by atoms with van der Waals surface area (Å²) in [7, 11) is 0. The molecular formula is C25H30BrNO5. The Balaban J connectivity index is 2.19. The van der Waals surface area contributed by atoms with E-state index in [2.05, 4.69) is 15.9 Å². The number of ether oxygens (including phenoxy) is 2. The van der Waals surface area contributed by atoms with Gasteiger partial charge in [0.05, 0.1) is 6.10 Å². The molecule has 2 aromatic rings. The van der Waals surface area contributed by atoms with E-state index in [1.807, 2.05) is 12.1 Å². The molecule has 6 nitrogen and oxygen atoms in total. The molecular weight excluding hydrogens is 474 g/mol. The molecule has 7 heteroatoms. The van der Waals surface area contributed by atoms with E-state index < -0.39 is 48.3 Å². The van der Waals surface area contributed by atoms with Crippen LogP contribution in [0.2, 0.25) is 0 Å². The third-order valence-corrected chi connectivity index (χ3v) is 5.68. The number of cyclic esters (lactones) is 1. The van der Waals surface area contributed by atoms with Gasteiger partial charge in [-0.2, -0.15) is 0 Å². The molecule has 1 aliphatic heterocycles. The Kier molecular flexibility index (Phi) is 7.04. The lowest BCUT2D eigenvalue weighted by Crippen LogP contribution is -2.55. The number of esters is 1. The van der Waals surface area contributed by atoms with Crippen molar-refractivity contribution in [1.82, 2.24) is 4.90 Å². The van der Waals surface area contributed by atoms with E-state index in [0.717, 1.165) is 4.90 Å². The van der Waals surface area contributed by atoms with Crippen LogP contribution in [0.25, 0.3) is 0 Å². The van der Waals surface area contributed by atoms with Gasteiger partial charge in [-0.3, -0.25) is 4.90 Å². The first-order valence-corrected chi connectivity index (χ1v) is 11.6. The largest absolute Gasteiger partial charge is 0.453 e. The second-order valence-corrected chi connectivity index (χ2v) is 9.28. The summed E-state index contributed by atoms with van der Waals surface area (Å²) in [5.41, 5.74) is 0.448. The van der Waals surface area contributed by atoms with Crippen LogP contribution in [0, 0.1) is 0 Å². The van der Waals surface area contributed by atoms with Gasteiger partial charge < -0.3 is 14.6 Å². The minimum Gasteiger partial charge on any atom is -0.453 e. The maximum atomic E-state index is 13.6. The molecule has 0 aromatic heterocycles. The van der Waals surface area contributed by atoms with Crippen LogP contribution in [-0.2, 0) is 14.3 Å². The van der Waals surface area contributed by atoms with Gasteiger partial charge in [0.15, 0.2) is 6.10 Å². The third-order valence-electron chi connectivity index (χ3n) is 4.93. The normalized spacial score (nSPS) is 23.6. The zero-order chi connectivity index (χ0) is 25.1. The van der Waals surface area contributed by atoms with Gasteiger partial charge in [0.2, 0.25) is 0 Å². The topological polar surface area (TPSA) is 76.1 Å². The quantitative estimate of drug-likeness (QED) is 0.432. The highest BCUT2D eigenvalue weighted by Gasteiger charge is 2.48. The Hall–Kier alpha value is -2.38. The molecule has 0 aliphatic carbocycles. The van der Waals surface area contributed by atoms with E-state index in [1.165, 1.54) is 0 Å². The van der Waals surface area contributed by atoms with Gasteiger partial charge in [0.25, 0.3) is 0 Å². The van der Waals surface area contributed by atoms with Crippen LogP contribution >= 0.6 is 15.9 Å². The van der Waals surface area contributed by atoms with E-state index in [-0.39, 0.29) is 11.8 Å². The maximum Gasteiger partial charge on any atom is 0.411 e. The number of rotatable bonds is 6. The number of alkyl halides is 1. The molecule has 1 unspecified atom stereocenters. The van der Waals surface area contributed by atoms with Crippen LogP contribution in [0.15, 0.2) is 60.7 Å². The summed E-state index contributed by atoms with van der Waals surface area (Å²) in [6.45, 7) is 5.12. The van der Waals surface area contributed by atoms with Crippen LogP contribution in [0.3, 0.4) is 0 Å². The van der Waals surface area contributed by atoms with E-state index in [4.69, 9.17) is 12.2 Å². The summed E-state index contributed by atoms with van der Waals surface area (Å²) in [5, 5.41) is 10.3. The Morgan fingerprint density at radius 1 is 1.16 bits per heavy atom. The van der Waals surface area contributed by atoms with Crippen LogP contribution < -0.4 is 0 Å². The molecule has 1 saturated heterocycles. The molecule has 4 atom stereocenters. The lowest BCUT2D eigenvalue weighted by molar-refractivity contribution is -0.175. The Bertz CT molecular complexity index is 984. The van der Waals surface area contributed by atoms with Gasteiger partial charge in [0, 0.05) is 8.07 Å². The Labute approximate surface area is 200 Å². The second kappa shape index (κ2) is 10.5. The summed E-state index contributed by atoms with van der Waals surface area (Å²) in [6, 6.07) is 15.6. The van der Waals surface area contributed by atoms with E-state index in [1.54, 1.807) is 69.3 Å². The Morgan fingerprint density at radius 3 is 2.25 bits per heavy atom. The fourth-order valence-electron chi connectivity index (χ4n) is 3.57. The number of aliphatic hydroxyl groups excluding tert-OH is 1. The molecule has 0 spiro atoms. The number of carbonyl (C=O) groups excluding carboxylic acids is 2. The zero-order valence-corrected chi connectivity index (χ0v) is 20.0. The highest BCUT2D eigenvalue weighted by Crippen LogP contribution is 2.43. The lowest BCUT2D eigenvalue weighted by atomic mass is 9.90. The highest BCUT2D eigenvalue weighted by atomic mass is 79.9. The molecule has 0 bridgehead atoms. The molecule has 1 N–H and O–H groups in total. The van der Waals surface area contributed by atoms with Gasteiger partial charge in [-0.1, -0.05) is 76.6 Å². The SMILES string of the molecule is [2H]C([2H])(C[C@H](O)CBr)C1C(=O)O[C@H](c2ccccc2)[C@H](c2ccccc2)N1C(=O)OC(C)(C)C. The number of carbonyl (C=O) groups is 2. The van der Waals surface area contributed by atoms with Crippen LogP contribution in [-0.4, -0.2) is 45.1 Å². The van der Waals surface area contributed by atoms with Crippen molar-refractivity contribution in [2.24, 2.45) is 0 Å². The predicted molar refractivity (Wildman–Crippen MR) is 125 cm³/mol. The first-order valence-electron chi connectivity index (χ1n) is 11.5. The molecule has 1 aliphatic rings. The minimum atomic E-state index is -2.30.